The van der Waals surface area contributed by atoms with Crippen molar-refractivity contribution in [1.29, 1.82) is 5.26 Å². The minimum Gasteiger partial charge on any atom is -0.464 e. The van der Waals surface area contributed by atoms with Gasteiger partial charge in [-0.3, -0.25) is 0 Å². The van der Waals surface area contributed by atoms with E-state index in [1.807, 2.05) is 0 Å². The number of carbonyl (C=O) groups is 1. The third kappa shape index (κ3) is 1.58. The summed E-state index contributed by atoms with van der Waals surface area (Å²) in [6.45, 7) is 0. The molecule has 0 spiro atoms. The summed E-state index contributed by atoms with van der Waals surface area (Å²) < 4.78 is 4.54. The minimum absolute atomic E-state index is 0.221. The van der Waals surface area contributed by atoms with Crippen LogP contribution in [0.2, 0.25) is 0 Å². The molecule has 0 bridgehead atoms. The molecule has 6 heteroatoms. The fraction of sp³-hybridized carbons (Fsp3) is 0.500. The third-order valence-electron chi connectivity index (χ3n) is 2.69. The van der Waals surface area contributed by atoms with E-state index in [2.05, 4.69) is 15.8 Å². The highest BCUT2D eigenvalue weighted by Gasteiger charge is 2.48. The van der Waals surface area contributed by atoms with Crippen LogP contribution in [-0.4, -0.2) is 29.3 Å². The van der Waals surface area contributed by atoms with Gasteiger partial charge >= 0.3 is 5.97 Å². The van der Waals surface area contributed by atoms with E-state index in [0.29, 0.717) is 17.8 Å². The number of hydrogen-bond donors (Lipinski definition) is 1. The van der Waals surface area contributed by atoms with Crippen molar-refractivity contribution in [3.05, 3.63) is 16.1 Å². The Bertz CT molecular complexity index is 457. The lowest BCUT2D eigenvalue weighted by molar-refractivity contribution is 0.0444. The summed E-state index contributed by atoms with van der Waals surface area (Å²) in [4.78, 5) is 15.3. The number of methoxy groups -OCH3 is 1. The Hall–Kier alpha value is -1.45. The van der Waals surface area contributed by atoms with Gasteiger partial charge in [-0.2, -0.15) is 5.26 Å². The molecule has 1 aliphatic carbocycles. The summed E-state index contributed by atoms with van der Waals surface area (Å²) in [5.74, 6) is -0.504. The number of aliphatic hydroxyl groups is 1. The van der Waals surface area contributed by atoms with Gasteiger partial charge < -0.3 is 9.84 Å². The van der Waals surface area contributed by atoms with E-state index < -0.39 is 17.5 Å². The predicted octanol–water partition coefficient (Wildman–Crippen LogP) is 0.846. The van der Waals surface area contributed by atoms with Crippen LogP contribution in [-0.2, 0) is 10.2 Å². The molecule has 1 aromatic rings. The van der Waals surface area contributed by atoms with Crippen molar-refractivity contribution < 1.29 is 14.6 Å². The minimum atomic E-state index is -0.712. The van der Waals surface area contributed by atoms with Crippen LogP contribution in [0.4, 0.5) is 0 Å². The topological polar surface area (TPSA) is 83.2 Å². The second kappa shape index (κ2) is 3.85. The highest BCUT2D eigenvalue weighted by atomic mass is 32.1. The molecule has 0 unspecified atom stereocenters. The predicted molar refractivity (Wildman–Crippen MR) is 56.0 cm³/mol. The van der Waals surface area contributed by atoms with Crippen LogP contribution in [0, 0.1) is 11.3 Å². The fourth-order valence-electron chi connectivity index (χ4n) is 1.75. The van der Waals surface area contributed by atoms with Crippen molar-refractivity contribution in [2.24, 2.45) is 0 Å². The number of ether oxygens (including phenoxy) is 1. The summed E-state index contributed by atoms with van der Waals surface area (Å²) in [5, 5.41) is 20.5. The zero-order chi connectivity index (χ0) is 11.8. The third-order valence-corrected chi connectivity index (χ3v) is 3.74. The van der Waals surface area contributed by atoms with E-state index in [9.17, 15) is 9.90 Å². The zero-order valence-electron chi connectivity index (χ0n) is 8.64. The zero-order valence-corrected chi connectivity index (χ0v) is 9.45. The largest absolute Gasteiger partial charge is 0.464 e. The average molecular weight is 238 g/mol. The number of aromatic nitrogens is 1. The first-order valence-electron chi connectivity index (χ1n) is 4.75. The number of hydrogen-bond acceptors (Lipinski definition) is 6. The maximum Gasteiger partial charge on any atom is 0.357 e. The van der Waals surface area contributed by atoms with Crippen molar-refractivity contribution >= 4 is 17.3 Å². The average Bonchev–Trinajstić information content (AvgIpc) is 2.72. The monoisotopic (exact) mass is 238 g/mol. The highest BCUT2D eigenvalue weighted by Crippen LogP contribution is 2.44. The summed E-state index contributed by atoms with van der Waals surface area (Å²) in [5.41, 5.74) is -0.491. The van der Waals surface area contributed by atoms with Crippen molar-refractivity contribution in [2.75, 3.05) is 7.11 Å². The van der Waals surface area contributed by atoms with E-state index in [-0.39, 0.29) is 5.69 Å². The highest BCUT2D eigenvalue weighted by molar-refractivity contribution is 7.10. The first kappa shape index (κ1) is 11.0. The second-order valence-electron chi connectivity index (χ2n) is 3.79. The molecule has 2 rings (SSSR count). The van der Waals surface area contributed by atoms with Gasteiger partial charge in [0.2, 0.25) is 0 Å². The Balaban J connectivity index is 2.25. The molecular weight excluding hydrogens is 228 g/mol. The van der Waals surface area contributed by atoms with Gasteiger partial charge in [0.1, 0.15) is 10.4 Å². The van der Waals surface area contributed by atoms with Crippen LogP contribution < -0.4 is 0 Å². The van der Waals surface area contributed by atoms with Gasteiger partial charge in [-0.15, -0.1) is 11.3 Å². The molecule has 0 aromatic carbocycles. The van der Waals surface area contributed by atoms with E-state index in [1.165, 1.54) is 18.4 Å². The Labute approximate surface area is 96.3 Å². The molecule has 0 amide bonds. The van der Waals surface area contributed by atoms with Gasteiger partial charge in [-0.05, 0) is 12.8 Å². The molecule has 0 saturated heterocycles. The molecule has 0 aliphatic heterocycles. The maximum atomic E-state index is 11.2. The lowest BCUT2D eigenvalue weighted by Gasteiger charge is -2.37. The summed E-state index contributed by atoms with van der Waals surface area (Å²) >= 11 is 1.26. The summed E-state index contributed by atoms with van der Waals surface area (Å²) in [6.07, 6.45) is 0.333. The second-order valence-corrected chi connectivity index (χ2v) is 4.64. The lowest BCUT2D eigenvalue weighted by atomic mass is 9.68. The van der Waals surface area contributed by atoms with Gasteiger partial charge in [-0.25, -0.2) is 9.78 Å². The Morgan fingerprint density at radius 1 is 1.81 bits per heavy atom. The van der Waals surface area contributed by atoms with Gasteiger partial charge in [0.05, 0.1) is 19.3 Å². The normalized spacial score (nSPS) is 27.9. The quantitative estimate of drug-likeness (QED) is 0.772. The van der Waals surface area contributed by atoms with Crippen LogP contribution in [0.3, 0.4) is 0 Å². The van der Waals surface area contributed by atoms with E-state index in [0.717, 1.165) is 0 Å². The molecule has 1 aromatic heterocycles. The smallest absolute Gasteiger partial charge is 0.357 e. The van der Waals surface area contributed by atoms with Crippen LogP contribution in [0.5, 0.6) is 0 Å². The van der Waals surface area contributed by atoms with Crippen LogP contribution >= 0.6 is 11.3 Å². The fourth-order valence-corrected chi connectivity index (χ4v) is 2.71. The van der Waals surface area contributed by atoms with Gasteiger partial charge in [-0.1, -0.05) is 0 Å². The van der Waals surface area contributed by atoms with E-state index in [4.69, 9.17) is 5.26 Å². The number of aliphatic hydroxyl groups excluding tert-OH is 1. The van der Waals surface area contributed by atoms with Crippen molar-refractivity contribution in [3.63, 3.8) is 0 Å². The van der Waals surface area contributed by atoms with Crippen molar-refractivity contribution in [1.82, 2.24) is 4.98 Å². The molecule has 0 radical (unpaired) electrons. The molecule has 1 saturated carbocycles. The number of rotatable bonds is 2. The number of nitriles is 1. The van der Waals surface area contributed by atoms with Crippen LogP contribution in [0.1, 0.15) is 28.3 Å². The molecule has 16 heavy (non-hydrogen) atoms. The molecule has 1 N–H and O–H groups in total. The molecule has 5 nitrogen and oxygen atoms in total. The first-order chi connectivity index (χ1) is 7.61. The number of carbonyl (C=O) groups excluding carboxylic acids is 1. The van der Waals surface area contributed by atoms with E-state index >= 15 is 0 Å². The Kier molecular flexibility index (Phi) is 2.66. The molecule has 0 atom stereocenters. The number of esters is 1. The van der Waals surface area contributed by atoms with Gasteiger partial charge in [0.25, 0.3) is 0 Å². The summed E-state index contributed by atoms with van der Waals surface area (Å²) in [7, 11) is 1.29. The van der Waals surface area contributed by atoms with E-state index in [1.54, 1.807) is 5.38 Å². The molecular formula is C10H10N2O3S. The molecule has 1 aliphatic rings. The van der Waals surface area contributed by atoms with Crippen molar-refractivity contribution in [2.45, 2.75) is 24.4 Å². The van der Waals surface area contributed by atoms with Gasteiger partial charge in [0, 0.05) is 5.38 Å². The molecule has 1 heterocycles. The van der Waals surface area contributed by atoms with Crippen molar-refractivity contribution in [3.8, 4) is 6.07 Å². The van der Waals surface area contributed by atoms with Gasteiger partial charge in [0.15, 0.2) is 5.69 Å². The Morgan fingerprint density at radius 3 is 3.00 bits per heavy atom. The molecule has 84 valence electrons. The number of nitrogens with zero attached hydrogens (tertiary/aromatic N) is 2. The SMILES string of the molecule is COC(=O)c1csc(C2(C#N)CC(O)C2)n1. The maximum absolute atomic E-state index is 11.2. The first-order valence-corrected chi connectivity index (χ1v) is 5.63. The molecule has 1 fully saturated rings. The van der Waals surface area contributed by atoms with Crippen LogP contribution in [0.15, 0.2) is 5.38 Å². The standard InChI is InChI=1S/C10H10N2O3S/c1-15-8(14)7-4-16-9(12-7)10(5-11)2-6(13)3-10/h4,6,13H,2-3H2,1H3. The Morgan fingerprint density at radius 2 is 2.50 bits per heavy atom. The summed E-state index contributed by atoms with van der Waals surface area (Å²) in [6, 6.07) is 2.17. The number of thiazole rings is 1. The van der Waals surface area contributed by atoms with Crippen LogP contribution in [0.25, 0.3) is 0 Å². The lowest BCUT2D eigenvalue weighted by Crippen LogP contribution is -2.43.